The lowest BCUT2D eigenvalue weighted by Gasteiger charge is -2.45. The molecule has 0 aliphatic carbocycles. The minimum atomic E-state index is -2.42. The Bertz CT molecular complexity index is 3760. The van der Waals surface area contributed by atoms with Crippen molar-refractivity contribution in [2.75, 3.05) is 0 Å². The van der Waals surface area contributed by atoms with Crippen LogP contribution in [0.4, 0.5) is 0 Å². The molecule has 0 fully saturated rings. The molecule has 0 unspecified atom stereocenters. The van der Waals surface area contributed by atoms with Crippen LogP contribution in [-0.2, 0) is 0 Å². The Balaban J connectivity index is 1.21. The summed E-state index contributed by atoms with van der Waals surface area (Å²) >= 11 is 0. The molecule has 0 spiro atoms. The fourth-order valence-electron chi connectivity index (χ4n) is 10.2. The zero-order valence-corrected chi connectivity index (χ0v) is 38.1. The van der Waals surface area contributed by atoms with Gasteiger partial charge in [-0.25, -0.2) is 0 Å². The Kier molecular flexibility index (Phi) is 11.1. The Labute approximate surface area is 419 Å². The van der Waals surface area contributed by atoms with Crippen LogP contribution in [0.25, 0.3) is 66.1 Å². The molecule has 69 heavy (non-hydrogen) atoms. The van der Waals surface area contributed by atoms with E-state index in [2.05, 4.69) is 59.2 Å². The highest BCUT2D eigenvalue weighted by molar-refractivity contribution is 8.34. The third kappa shape index (κ3) is 6.45. The molecule has 0 N–H and O–H groups in total. The highest BCUT2D eigenvalue weighted by atomic mass is 32.3. The molecular weight excluding hydrogens is 838 g/mol. The maximum absolute atomic E-state index is 7.71. The van der Waals surface area contributed by atoms with Crippen LogP contribution in [0.3, 0.4) is 0 Å². The van der Waals surface area contributed by atoms with Gasteiger partial charge in [0.05, 0.1) is 16.7 Å². The molecule has 0 saturated heterocycles. The number of aromatic nitrogens is 2. The van der Waals surface area contributed by atoms with E-state index in [4.69, 9.17) is 94.2 Å². The van der Waals surface area contributed by atoms with Crippen molar-refractivity contribution >= 4 is 213 Å². The quantitative estimate of drug-likeness (QED) is 0.206. The summed E-state index contributed by atoms with van der Waals surface area (Å²) in [4.78, 5) is 3.77. The highest BCUT2D eigenvalue weighted by Crippen LogP contribution is 2.72. The first kappa shape index (κ1) is 45.2. The maximum Gasteiger partial charge on any atom is 0.118 e. The van der Waals surface area contributed by atoms with Crippen LogP contribution in [0, 0.1) is 0 Å². The van der Waals surface area contributed by atoms with Crippen molar-refractivity contribution < 1.29 is 0 Å². The maximum atomic E-state index is 7.71. The first-order valence-electron chi connectivity index (χ1n) is 22.0. The van der Waals surface area contributed by atoms with Gasteiger partial charge in [0, 0.05) is 47.7 Å². The van der Waals surface area contributed by atoms with Gasteiger partial charge in [-0.3, -0.25) is 0 Å². The van der Waals surface area contributed by atoms with Gasteiger partial charge in [-0.05, 0) is 81.9 Å². The fraction of sp³-hybridized carbons (Fsp3) is 0. The van der Waals surface area contributed by atoms with Crippen molar-refractivity contribution in [1.82, 2.24) is 9.13 Å². The summed E-state index contributed by atoms with van der Waals surface area (Å²) in [6.07, 6.45) is 0. The summed E-state index contributed by atoms with van der Waals surface area (Å²) in [5, 5.41) is 2.75. The molecule has 0 atom stereocenters. The van der Waals surface area contributed by atoms with Gasteiger partial charge in [0.25, 0.3) is 0 Å². The second kappa shape index (κ2) is 17.0. The molecule has 2 nitrogen and oxygen atoms in total. The van der Waals surface area contributed by atoms with E-state index in [1.807, 2.05) is 108 Å². The van der Waals surface area contributed by atoms with Crippen molar-refractivity contribution in [2.24, 2.45) is 0 Å². The van der Waals surface area contributed by atoms with Crippen LogP contribution in [-0.4, -0.2) is 103 Å². The second-order valence-corrected chi connectivity index (χ2v) is 20.1. The van der Waals surface area contributed by atoms with Crippen molar-refractivity contribution in [3.05, 3.63) is 158 Å². The highest BCUT2D eigenvalue weighted by Gasteiger charge is 2.37. The summed E-state index contributed by atoms with van der Waals surface area (Å²) in [7, 11) is 80.1. The van der Waals surface area contributed by atoms with E-state index in [9.17, 15) is 0 Å². The Morgan fingerprint density at radius 1 is 0.319 bits per heavy atom. The van der Waals surface area contributed by atoms with Crippen LogP contribution in [0.2, 0.25) is 0 Å². The molecule has 2 aromatic heterocycles. The van der Waals surface area contributed by atoms with Gasteiger partial charge >= 0.3 is 0 Å². The summed E-state index contributed by atoms with van der Waals surface area (Å²) < 4.78 is 3.98. The Morgan fingerprint density at radius 3 is 1.29 bits per heavy atom. The number of hydrogen-bond donors (Lipinski definition) is 0. The fourth-order valence-corrected chi connectivity index (χ4v) is 14.3. The first-order valence-corrected chi connectivity index (χ1v) is 23.6. The molecule has 24 radical (unpaired) electrons. The number of fused-ring (bicyclic) bond motifs is 6. The predicted molar refractivity (Wildman–Crippen MR) is 305 cm³/mol. The van der Waals surface area contributed by atoms with E-state index in [0.29, 0.717) is 49.0 Å². The predicted octanol–water partition coefficient (Wildman–Crippen LogP) is 0.414. The van der Waals surface area contributed by atoms with Crippen molar-refractivity contribution in [3.8, 4) is 22.5 Å². The van der Waals surface area contributed by atoms with Crippen molar-refractivity contribution in [1.29, 1.82) is 0 Å². The van der Waals surface area contributed by atoms with Crippen molar-refractivity contribution in [2.45, 2.75) is 19.6 Å². The summed E-state index contributed by atoms with van der Waals surface area (Å²) in [6, 6.07) is 53.1. The first-order chi connectivity index (χ1) is 33.3. The molecule has 15 heteroatoms. The third-order valence-corrected chi connectivity index (χ3v) is 17.5. The van der Waals surface area contributed by atoms with Gasteiger partial charge < -0.3 is 9.13 Å². The SMILES string of the molecule is [B]c1c([B])c(-n2c3ccccc3c3cc(-c4ccccc4-n4c5c([B])c([B])c([B])c([B])c5c5c([B])c([B])c([B])c([B])c54)ccc32)c([B])c(S(c2ccccc2)(c2ccccc2)c2ccccc2)c1[B]. The minimum absolute atomic E-state index is 0.117. The number of hydrogen-bond acceptors (Lipinski definition) is 0. The zero-order chi connectivity index (χ0) is 48.2. The molecule has 0 amide bonds. The van der Waals surface area contributed by atoms with E-state index in [1.54, 1.807) is 0 Å². The molecule has 0 aliphatic heterocycles. The van der Waals surface area contributed by atoms with Gasteiger partial charge in [0.2, 0.25) is 0 Å². The monoisotopic (exact) mass is 866 g/mol. The van der Waals surface area contributed by atoms with E-state index < -0.39 is 10.0 Å². The van der Waals surface area contributed by atoms with Crippen LogP contribution in [0.15, 0.2) is 177 Å². The number of para-hydroxylation sites is 2. The Morgan fingerprint density at radius 2 is 0.754 bits per heavy atom. The van der Waals surface area contributed by atoms with Crippen molar-refractivity contribution in [3.63, 3.8) is 0 Å². The lowest BCUT2D eigenvalue weighted by molar-refractivity contribution is 1.19. The topological polar surface area (TPSA) is 9.86 Å². The smallest absolute Gasteiger partial charge is 0.118 e. The summed E-state index contributed by atoms with van der Waals surface area (Å²) in [5.74, 6) is 0. The molecule has 9 aromatic carbocycles. The lowest BCUT2D eigenvalue weighted by atomic mass is 9.63. The molecule has 294 valence electrons. The molecule has 2 heterocycles. The number of rotatable bonds is 7. The van der Waals surface area contributed by atoms with E-state index in [0.717, 1.165) is 47.6 Å². The van der Waals surface area contributed by atoms with Gasteiger partial charge in [-0.2, -0.15) is 0 Å². The second-order valence-electron chi connectivity index (χ2n) is 17.1. The van der Waals surface area contributed by atoms with E-state index in [1.165, 1.54) is 0 Å². The third-order valence-electron chi connectivity index (χ3n) is 13.5. The lowest BCUT2D eigenvalue weighted by Crippen LogP contribution is -2.49. The average Bonchev–Trinajstić information content (AvgIpc) is 3.91. The minimum Gasteiger partial charge on any atom is -0.310 e. The number of benzene rings is 9. The zero-order valence-electron chi connectivity index (χ0n) is 37.2. The standard InChI is InChI=1S/C54H26B12N2S/c55-39-37-38-40(56)42(58)44(60)47(63)52(38)68(51(37)46(62)43(59)41(39)57)34-22-12-10-20-31(34)27-24-25-36-33(26-27)32-21-11-13-23-35(32)67(36)53-48(64)45(61)49(65)54(50(53)66)69(28-14-4-1-5-15-28,29-16-6-2-7-17-29)30-18-8-3-9-19-30/h1-26H. The van der Waals surface area contributed by atoms with E-state index in [-0.39, 0.29) is 54.6 Å². The van der Waals surface area contributed by atoms with Crippen LogP contribution >= 0.6 is 10.0 Å². The molecule has 0 bridgehead atoms. The number of nitrogens with zero attached hydrogens (tertiary/aromatic N) is 2. The normalized spacial score (nSPS) is 12.1. The Hall–Kier alpha value is -6.29. The molecule has 11 rings (SSSR count). The van der Waals surface area contributed by atoms with Crippen LogP contribution < -0.4 is 65.6 Å². The van der Waals surface area contributed by atoms with E-state index >= 15 is 0 Å². The van der Waals surface area contributed by atoms with Gasteiger partial charge in [-0.1, -0.05) is 135 Å². The molecule has 0 saturated carbocycles. The van der Waals surface area contributed by atoms with Crippen LogP contribution in [0.1, 0.15) is 0 Å². The van der Waals surface area contributed by atoms with Gasteiger partial charge in [0.1, 0.15) is 94.2 Å². The molecule has 0 aliphatic rings. The van der Waals surface area contributed by atoms with Gasteiger partial charge in [-0.15, -0.1) is 37.3 Å². The molecule has 11 aromatic rings. The van der Waals surface area contributed by atoms with Gasteiger partial charge in [0.15, 0.2) is 0 Å². The molecular formula is C54H26B12N2S. The largest absolute Gasteiger partial charge is 0.310 e. The summed E-state index contributed by atoms with van der Waals surface area (Å²) in [6.45, 7) is 0. The average molecular weight is 865 g/mol. The summed E-state index contributed by atoms with van der Waals surface area (Å²) in [5.41, 5.74) is 7.86. The van der Waals surface area contributed by atoms with Crippen LogP contribution in [0.5, 0.6) is 0 Å².